The standard InChI is InChI=1S/C16H23N3O3/c1-17-5-3-6-18(8-7-17)16(21)13-10-15(20)19(11-13)12-14-4-2-9-22-14/h2,4,9,13H,3,5-8,10-12H2,1H3. The Bertz CT molecular complexity index is 529. The van der Waals surface area contributed by atoms with Gasteiger partial charge in [0.1, 0.15) is 5.76 Å². The highest BCUT2D eigenvalue weighted by Crippen LogP contribution is 2.22. The Hall–Kier alpha value is -1.82. The van der Waals surface area contributed by atoms with E-state index in [4.69, 9.17) is 4.42 Å². The van der Waals surface area contributed by atoms with Gasteiger partial charge in [0.2, 0.25) is 11.8 Å². The summed E-state index contributed by atoms with van der Waals surface area (Å²) in [5.74, 6) is 0.732. The van der Waals surface area contributed by atoms with Gasteiger partial charge in [0.25, 0.3) is 0 Å². The van der Waals surface area contributed by atoms with Gasteiger partial charge in [0, 0.05) is 32.6 Å². The van der Waals surface area contributed by atoms with Crippen LogP contribution in [0, 0.1) is 5.92 Å². The van der Waals surface area contributed by atoms with Crippen molar-refractivity contribution in [1.29, 1.82) is 0 Å². The van der Waals surface area contributed by atoms with E-state index in [0.717, 1.165) is 38.4 Å². The maximum absolute atomic E-state index is 12.7. The average molecular weight is 305 g/mol. The lowest BCUT2D eigenvalue weighted by atomic mass is 10.1. The SMILES string of the molecule is CN1CCCN(C(=O)C2CC(=O)N(Cc3ccco3)C2)CC1. The Morgan fingerprint density at radius 1 is 1.32 bits per heavy atom. The number of amides is 2. The predicted octanol–water partition coefficient (Wildman–Crippen LogP) is 0.792. The number of nitrogens with zero attached hydrogens (tertiary/aromatic N) is 3. The molecule has 2 fully saturated rings. The van der Waals surface area contributed by atoms with E-state index in [9.17, 15) is 9.59 Å². The van der Waals surface area contributed by atoms with Gasteiger partial charge < -0.3 is 19.1 Å². The van der Waals surface area contributed by atoms with Crippen molar-refractivity contribution in [3.63, 3.8) is 0 Å². The third kappa shape index (κ3) is 3.32. The fourth-order valence-electron chi connectivity index (χ4n) is 3.21. The predicted molar refractivity (Wildman–Crippen MR) is 80.9 cm³/mol. The molecule has 120 valence electrons. The summed E-state index contributed by atoms with van der Waals surface area (Å²) in [6.07, 6.45) is 2.93. The maximum atomic E-state index is 12.7. The van der Waals surface area contributed by atoms with E-state index in [1.54, 1.807) is 11.2 Å². The first-order chi connectivity index (χ1) is 10.6. The number of furan rings is 1. The van der Waals surface area contributed by atoms with Gasteiger partial charge in [-0.15, -0.1) is 0 Å². The van der Waals surface area contributed by atoms with Crippen molar-refractivity contribution in [3.05, 3.63) is 24.2 Å². The molecule has 0 aliphatic carbocycles. The second-order valence-corrected chi connectivity index (χ2v) is 6.24. The Balaban J connectivity index is 1.58. The molecule has 1 aromatic rings. The average Bonchev–Trinajstić information content (AvgIpc) is 3.07. The summed E-state index contributed by atoms with van der Waals surface area (Å²) in [5.41, 5.74) is 0. The van der Waals surface area contributed by atoms with E-state index >= 15 is 0 Å². The highest BCUT2D eigenvalue weighted by Gasteiger charge is 2.36. The first-order valence-corrected chi connectivity index (χ1v) is 7.91. The number of hydrogen-bond acceptors (Lipinski definition) is 4. The van der Waals surface area contributed by atoms with Gasteiger partial charge in [-0.2, -0.15) is 0 Å². The van der Waals surface area contributed by atoms with Crippen LogP contribution in [0.3, 0.4) is 0 Å². The molecule has 3 rings (SSSR count). The molecular formula is C16H23N3O3. The third-order valence-electron chi connectivity index (χ3n) is 4.52. The van der Waals surface area contributed by atoms with Crippen LogP contribution in [0.2, 0.25) is 0 Å². The van der Waals surface area contributed by atoms with Crippen LogP contribution in [0.25, 0.3) is 0 Å². The zero-order valence-electron chi connectivity index (χ0n) is 13.0. The van der Waals surface area contributed by atoms with E-state index < -0.39 is 0 Å². The lowest BCUT2D eigenvalue weighted by Crippen LogP contribution is -2.39. The van der Waals surface area contributed by atoms with Gasteiger partial charge in [-0.1, -0.05) is 0 Å². The number of carbonyl (C=O) groups excluding carboxylic acids is 2. The lowest BCUT2D eigenvalue weighted by molar-refractivity contribution is -0.135. The summed E-state index contributed by atoms with van der Waals surface area (Å²) in [4.78, 5) is 30.7. The van der Waals surface area contributed by atoms with Crippen molar-refractivity contribution in [2.45, 2.75) is 19.4 Å². The topological polar surface area (TPSA) is 57.0 Å². The van der Waals surface area contributed by atoms with Crippen LogP contribution in [0.4, 0.5) is 0 Å². The number of likely N-dealkylation sites (N-methyl/N-ethyl adjacent to an activating group) is 1. The van der Waals surface area contributed by atoms with Gasteiger partial charge in [-0.05, 0) is 32.1 Å². The molecule has 2 aliphatic rings. The molecule has 2 saturated heterocycles. The van der Waals surface area contributed by atoms with Crippen LogP contribution in [0.5, 0.6) is 0 Å². The van der Waals surface area contributed by atoms with E-state index in [1.807, 2.05) is 17.0 Å². The maximum Gasteiger partial charge on any atom is 0.228 e. The number of hydrogen-bond donors (Lipinski definition) is 0. The quantitative estimate of drug-likeness (QED) is 0.828. The van der Waals surface area contributed by atoms with Crippen LogP contribution >= 0.6 is 0 Å². The van der Waals surface area contributed by atoms with Crippen LogP contribution in [0.15, 0.2) is 22.8 Å². The second-order valence-electron chi connectivity index (χ2n) is 6.24. The Labute approximate surface area is 130 Å². The summed E-state index contributed by atoms with van der Waals surface area (Å²) in [6.45, 7) is 4.45. The van der Waals surface area contributed by atoms with Crippen LogP contribution in [0.1, 0.15) is 18.6 Å². The monoisotopic (exact) mass is 305 g/mol. The van der Waals surface area contributed by atoms with Crippen molar-refractivity contribution in [1.82, 2.24) is 14.7 Å². The highest BCUT2D eigenvalue weighted by atomic mass is 16.3. The fourth-order valence-corrected chi connectivity index (χ4v) is 3.21. The number of rotatable bonds is 3. The van der Waals surface area contributed by atoms with E-state index in [1.165, 1.54) is 0 Å². The molecule has 0 spiro atoms. The van der Waals surface area contributed by atoms with Crippen molar-refractivity contribution in [2.75, 3.05) is 39.8 Å². The Morgan fingerprint density at radius 2 is 2.18 bits per heavy atom. The highest BCUT2D eigenvalue weighted by molar-refractivity contribution is 5.89. The number of carbonyl (C=O) groups is 2. The first-order valence-electron chi connectivity index (χ1n) is 7.91. The summed E-state index contributed by atoms with van der Waals surface area (Å²) < 4.78 is 5.29. The van der Waals surface area contributed by atoms with E-state index in [0.29, 0.717) is 19.5 Å². The minimum atomic E-state index is -0.203. The normalized spacial score (nSPS) is 23.9. The largest absolute Gasteiger partial charge is 0.467 e. The zero-order chi connectivity index (χ0) is 15.5. The van der Waals surface area contributed by atoms with Gasteiger partial charge >= 0.3 is 0 Å². The van der Waals surface area contributed by atoms with Crippen molar-refractivity contribution < 1.29 is 14.0 Å². The van der Waals surface area contributed by atoms with Crippen LogP contribution in [-0.2, 0) is 16.1 Å². The second kappa shape index (κ2) is 6.52. The minimum absolute atomic E-state index is 0.0432. The Morgan fingerprint density at radius 3 is 2.95 bits per heavy atom. The number of likely N-dealkylation sites (tertiary alicyclic amines) is 1. The summed E-state index contributed by atoms with van der Waals surface area (Å²) in [6, 6.07) is 3.67. The summed E-state index contributed by atoms with van der Waals surface area (Å²) >= 11 is 0. The molecule has 22 heavy (non-hydrogen) atoms. The smallest absolute Gasteiger partial charge is 0.228 e. The van der Waals surface area contributed by atoms with Gasteiger partial charge in [0.15, 0.2) is 0 Å². The molecule has 0 N–H and O–H groups in total. The lowest BCUT2D eigenvalue weighted by Gasteiger charge is -2.24. The van der Waals surface area contributed by atoms with Gasteiger partial charge in [-0.25, -0.2) is 0 Å². The van der Waals surface area contributed by atoms with Crippen molar-refractivity contribution in [2.24, 2.45) is 5.92 Å². The molecule has 0 aromatic carbocycles. The molecular weight excluding hydrogens is 282 g/mol. The molecule has 1 atom stereocenters. The van der Waals surface area contributed by atoms with E-state index in [2.05, 4.69) is 11.9 Å². The fraction of sp³-hybridized carbons (Fsp3) is 0.625. The first kappa shape index (κ1) is 15.1. The van der Waals surface area contributed by atoms with Gasteiger partial charge in [-0.3, -0.25) is 9.59 Å². The van der Waals surface area contributed by atoms with Crippen LogP contribution in [-0.4, -0.2) is 66.3 Å². The van der Waals surface area contributed by atoms with Crippen molar-refractivity contribution >= 4 is 11.8 Å². The molecule has 0 radical (unpaired) electrons. The molecule has 0 saturated carbocycles. The van der Waals surface area contributed by atoms with Gasteiger partial charge in [0.05, 0.1) is 18.7 Å². The molecule has 6 heteroatoms. The molecule has 1 aromatic heterocycles. The van der Waals surface area contributed by atoms with E-state index in [-0.39, 0.29) is 17.7 Å². The molecule has 1 unspecified atom stereocenters. The third-order valence-corrected chi connectivity index (χ3v) is 4.52. The minimum Gasteiger partial charge on any atom is -0.467 e. The Kier molecular flexibility index (Phi) is 4.47. The molecule has 3 heterocycles. The molecule has 0 bridgehead atoms. The summed E-state index contributed by atoms with van der Waals surface area (Å²) in [5, 5.41) is 0. The summed E-state index contributed by atoms with van der Waals surface area (Å²) in [7, 11) is 2.08. The molecule has 6 nitrogen and oxygen atoms in total. The van der Waals surface area contributed by atoms with Crippen molar-refractivity contribution in [3.8, 4) is 0 Å². The zero-order valence-corrected chi connectivity index (χ0v) is 13.0. The molecule has 2 amide bonds. The van der Waals surface area contributed by atoms with Crippen LogP contribution < -0.4 is 0 Å². The molecule has 2 aliphatic heterocycles.